The maximum absolute atomic E-state index is 6.09. The molecule has 0 spiro atoms. The number of aryl methyl sites for hydroxylation is 1. The van der Waals surface area contributed by atoms with Crippen molar-refractivity contribution in [2.45, 2.75) is 45.2 Å². The number of morpholine rings is 1. The second-order valence-electron chi connectivity index (χ2n) is 5.33. The molecular weight excluding hydrogens is 262 g/mol. The lowest BCUT2D eigenvalue weighted by atomic mass is 10.1. The van der Waals surface area contributed by atoms with Gasteiger partial charge in [0.1, 0.15) is 6.10 Å². The maximum atomic E-state index is 6.09. The molecule has 1 aromatic rings. The van der Waals surface area contributed by atoms with Crippen molar-refractivity contribution in [3.63, 3.8) is 0 Å². The lowest BCUT2D eigenvalue weighted by Gasteiger charge is -2.34. The van der Waals surface area contributed by atoms with E-state index >= 15 is 0 Å². The molecule has 1 aromatic heterocycles. The van der Waals surface area contributed by atoms with Crippen LogP contribution in [0.1, 0.15) is 49.3 Å². The summed E-state index contributed by atoms with van der Waals surface area (Å²) in [7, 11) is 0. The number of ether oxygens (including phenoxy) is 1. The van der Waals surface area contributed by atoms with Gasteiger partial charge in [-0.1, -0.05) is 0 Å². The van der Waals surface area contributed by atoms with Crippen LogP contribution < -0.4 is 0 Å². The van der Waals surface area contributed by atoms with Crippen molar-refractivity contribution in [2.75, 3.05) is 19.7 Å². The van der Waals surface area contributed by atoms with E-state index in [9.17, 15) is 0 Å². The van der Waals surface area contributed by atoms with Crippen LogP contribution in [0, 0.1) is 6.92 Å². The Morgan fingerprint density at radius 2 is 2.16 bits per heavy atom. The highest BCUT2D eigenvalue weighted by Gasteiger charge is 2.26. The Morgan fingerprint density at radius 3 is 2.74 bits per heavy atom. The van der Waals surface area contributed by atoms with Gasteiger partial charge in [0.2, 0.25) is 0 Å². The van der Waals surface area contributed by atoms with Crippen LogP contribution in [-0.4, -0.2) is 40.6 Å². The first-order valence-corrected chi connectivity index (χ1v) is 7.26. The monoisotopic (exact) mass is 283 g/mol. The summed E-state index contributed by atoms with van der Waals surface area (Å²) >= 11 is 6.09. The first-order chi connectivity index (χ1) is 8.99. The number of hydrogen-bond donors (Lipinski definition) is 0. The van der Waals surface area contributed by atoms with E-state index in [4.69, 9.17) is 16.3 Å². The van der Waals surface area contributed by atoms with Gasteiger partial charge in [-0.25, -0.2) is 9.97 Å². The van der Waals surface area contributed by atoms with E-state index in [-0.39, 0.29) is 11.5 Å². The summed E-state index contributed by atoms with van der Waals surface area (Å²) < 4.78 is 5.80. The molecule has 1 fully saturated rings. The third-order valence-electron chi connectivity index (χ3n) is 3.58. The molecule has 2 rings (SSSR count). The number of hydrogen-bond acceptors (Lipinski definition) is 4. The molecule has 2 unspecified atom stereocenters. The van der Waals surface area contributed by atoms with Crippen LogP contribution in [0.2, 0.25) is 0 Å². The van der Waals surface area contributed by atoms with Gasteiger partial charge in [0.15, 0.2) is 5.82 Å². The third-order valence-corrected chi connectivity index (χ3v) is 3.82. The number of alkyl halides is 1. The van der Waals surface area contributed by atoms with Crippen molar-refractivity contribution in [2.24, 2.45) is 0 Å². The SMILES string of the molecule is Cc1nc(C2CN(C(C)C)CCO2)ncc1C(C)Cl. The standard InChI is InChI=1S/C14H22ClN3O/c1-9(2)18-5-6-19-13(8-18)14-16-7-12(10(3)15)11(4)17-14/h7,9-10,13H,5-6,8H2,1-4H3. The highest BCUT2D eigenvalue weighted by Crippen LogP contribution is 2.25. The molecule has 0 aliphatic carbocycles. The van der Waals surface area contributed by atoms with Gasteiger partial charge in [0.05, 0.1) is 12.0 Å². The smallest absolute Gasteiger partial charge is 0.158 e. The summed E-state index contributed by atoms with van der Waals surface area (Å²) in [4.78, 5) is 11.4. The minimum absolute atomic E-state index is 0.0328. The fourth-order valence-electron chi connectivity index (χ4n) is 2.33. The molecule has 1 saturated heterocycles. The minimum Gasteiger partial charge on any atom is -0.368 e. The van der Waals surface area contributed by atoms with Crippen molar-refractivity contribution in [3.8, 4) is 0 Å². The average Bonchev–Trinajstić information content (AvgIpc) is 2.38. The Balaban J connectivity index is 2.15. The number of nitrogens with zero attached hydrogens (tertiary/aromatic N) is 3. The fraction of sp³-hybridized carbons (Fsp3) is 0.714. The second-order valence-corrected chi connectivity index (χ2v) is 5.99. The zero-order valence-corrected chi connectivity index (χ0v) is 12.8. The van der Waals surface area contributed by atoms with Crippen LogP contribution in [-0.2, 0) is 4.74 Å². The molecule has 106 valence electrons. The summed E-state index contributed by atoms with van der Waals surface area (Å²) in [6, 6.07) is 0.523. The van der Waals surface area contributed by atoms with Gasteiger partial charge in [-0.3, -0.25) is 4.90 Å². The lowest BCUT2D eigenvalue weighted by Crippen LogP contribution is -2.42. The van der Waals surface area contributed by atoms with Crippen molar-refractivity contribution in [1.82, 2.24) is 14.9 Å². The number of halogens is 1. The largest absolute Gasteiger partial charge is 0.368 e. The number of aromatic nitrogens is 2. The summed E-state index contributed by atoms with van der Waals surface area (Å²) in [6.45, 7) is 10.9. The summed E-state index contributed by atoms with van der Waals surface area (Å²) in [5.74, 6) is 0.768. The molecule has 0 bridgehead atoms. The quantitative estimate of drug-likeness (QED) is 0.800. The Labute approximate surface area is 120 Å². The van der Waals surface area contributed by atoms with Crippen LogP contribution in [0.5, 0.6) is 0 Å². The predicted molar refractivity (Wildman–Crippen MR) is 76.4 cm³/mol. The summed E-state index contributed by atoms with van der Waals surface area (Å²) in [6.07, 6.45) is 1.79. The number of rotatable bonds is 3. The normalized spacial score (nSPS) is 22.7. The van der Waals surface area contributed by atoms with Gasteiger partial charge in [-0.15, -0.1) is 11.6 Å². The van der Waals surface area contributed by atoms with Gasteiger partial charge in [-0.05, 0) is 27.7 Å². The van der Waals surface area contributed by atoms with Gasteiger partial charge in [0.25, 0.3) is 0 Å². The second kappa shape index (κ2) is 6.16. The molecule has 0 N–H and O–H groups in total. The first kappa shape index (κ1) is 14.7. The highest BCUT2D eigenvalue weighted by molar-refractivity contribution is 6.20. The van der Waals surface area contributed by atoms with Gasteiger partial charge in [-0.2, -0.15) is 0 Å². The molecule has 2 heterocycles. The molecule has 5 heteroatoms. The zero-order valence-electron chi connectivity index (χ0n) is 12.1. The molecule has 19 heavy (non-hydrogen) atoms. The highest BCUT2D eigenvalue weighted by atomic mass is 35.5. The van der Waals surface area contributed by atoms with E-state index in [1.165, 1.54) is 0 Å². The van der Waals surface area contributed by atoms with E-state index in [0.717, 1.165) is 36.8 Å². The third kappa shape index (κ3) is 3.44. The molecule has 2 atom stereocenters. The van der Waals surface area contributed by atoms with Crippen molar-refractivity contribution in [1.29, 1.82) is 0 Å². The van der Waals surface area contributed by atoms with Crippen molar-refractivity contribution >= 4 is 11.6 Å². The van der Waals surface area contributed by atoms with E-state index in [0.29, 0.717) is 6.04 Å². The van der Waals surface area contributed by atoms with Crippen LogP contribution in [0.15, 0.2) is 6.20 Å². The van der Waals surface area contributed by atoms with Crippen molar-refractivity contribution < 1.29 is 4.74 Å². The fourth-order valence-corrected chi connectivity index (χ4v) is 2.55. The Morgan fingerprint density at radius 1 is 1.42 bits per heavy atom. The van der Waals surface area contributed by atoms with Crippen molar-refractivity contribution in [3.05, 3.63) is 23.3 Å². The van der Waals surface area contributed by atoms with E-state index < -0.39 is 0 Å². The Bertz CT molecular complexity index is 437. The molecular formula is C14H22ClN3O. The van der Waals surface area contributed by atoms with Gasteiger partial charge < -0.3 is 4.74 Å². The van der Waals surface area contributed by atoms with E-state index in [1.807, 2.05) is 20.0 Å². The maximum Gasteiger partial charge on any atom is 0.158 e. The van der Waals surface area contributed by atoms with Crippen LogP contribution in [0.3, 0.4) is 0 Å². The van der Waals surface area contributed by atoms with E-state index in [1.54, 1.807) is 0 Å². The molecule has 0 amide bonds. The van der Waals surface area contributed by atoms with Gasteiger partial charge in [0, 0.05) is 36.6 Å². The Kier molecular flexibility index (Phi) is 4.76. The minimum atomic E-state index is -0.0616. The first-order valence-electron chi connectivity index (χ1n) is 6.82. The van der Waals surface area contributed by atoms with Crippen LogP contribution >= 0.6 is 11.6 Å². The molecule has 4 nitrogen and oxygen atoms in total. The Hall–Kier alpha value is -0.710. The molecule has 0 saturated carbocycles. The molecule has 1 aliphatic rings. The summed E-state index contributed by atoms with van der Waals surface area (Å²) in [5, 5.41) is -0.0616. The molecule has 1 aliphatic heterocycles. The zero-order chi connectivity index (χ0) is 14.0. The summed E-state index contributed by atoms with van der Waals surface area (Å²) in [5.41, 5.74) is 1.93. The average molecular weight is 284 g/mol. The lowest BCUT2D eigenvalue weighted by molar-refractivity contribution is -0.0443. The van der Waals surface area contributed by atoms with Crippen LogP contribution in [0.25, 0.3) is 0 Å². The van der Waals surface area contributed by atoms with Gasteiger partial charge >= 0.3 is 0 Å². The topological polar surface area (TPSA) is 38.2 Å². The molecule has 0 aromatic carbocycles. The van der Waals surface area contributed by atoms with E-state index in [2.05, 4.69) is 28.7 Å². The van der Waals surface area contributed by atoms with Crippen LogP contribution in [0.4, 0.5) is 0 Å². The predicted octanol–water partition coefficient (Wildman–Crippen LogP) is 2.87. The molecule has 0 radical (unpaired) electrons.